The van der Waals surface area contributed by atoms with Gasteiger partial charge in [-0.05, 0) is 43.7 Å². The lowest BCUT2D eigenvalue weighted by atomic mass is 10.1. The van der Waals surface area contributed by atoms with Gasteiger partial charge in [0.1, 0.15) is 5.69 Å². The topological polar surface area (TPSA) is 101 Å². The van der Waals surface area contributed by atoms with Crippen LogP contribution in [0, 0.1) is 16.0 Å². The van der Waals surface area contributed by atoms with Crippen LogP contribution in [0.2, 0.25) is 0 Å². The van der Waals surface area contributed by atoms with Gasteiger partial charge < -0.3 is 9.80 Å². The number of carbonyl (C=O) groups excluding carboxylic acids is 1. The molecule has 0 unspecified atom stereocenters. The number of hydrogen-bond acceptors (Lipinski definition) is 6. The number of benzene rings is 1. The molecule has 0 aromatic heterocycles. The molecule has 2 aliphatic heterocycles. The Balaban J connectivity index is 1.91. The van der Waals surface area contributed by atoms with Crippen LogP contribution in [0.15, 0.2) is 18.2 Å². The number of piperidine rings is 1. The number of carbonyl (C=O) groups is 1. The van der Waals surface area contributed by atoms with Crippen molar-refractivity contribution in [2.75, 3.05) is 36.0 Å². The molecule has 1 amide bonds. The minimum absolute atomic E-state index is 0.0422. The van der Waals surface area contributed by atoms with Crippen molar-refractivity contribution in [2.45, 2.75) is 45.6 Å². The monoisotopic (exact) mass is 423 g/mol. The molecule has 1 atom stereocenters. The zero-order valence-corrected chi connectivity index (χ0v) is 17.9. The number of rotatable bonds is 6. The highest BCUT2D eigenvalue weighted by atomic mass is 32.2. The Morgan fingerprint density at radius 3 is 2.52 bits per heavy atom. The van der Waals surface area contributed by atoms with Gasteiger partial charge in [0.15, 0.2) is 9.84 Å². The molecule has 2 heterocycles. The normalized spacial score (nSPS) is 21.3. The molecule has 160 valence electrons. The summed E-state index contributed by atoms with van der Waals surface area (Å²) in [5.41, 5.74) is 0.716. The molecule has 0 N–H and O–H groups in total. The molecule has 8 nitrogen and oxygen atoms in total. The van der Waals surface area contributed by atoms with Crippen LogP contribution in [-0.2, 0) is 9.84 Å². The van der Waals surface area contributed by atoms with Crippen LogP contribution >= 0.6 is 0 Å². The maximum Gasteiger partial charge on any atom is 0.293 e. The van der Waals surface area contributed by atoms with Crippen molar-refractivity contribution in [1.29, 1.82) is 0 Å². The van der Waals surface area contributed by atoms with E-state index in [4.69, 9.17) is 0 Å². The lowest BCUT2D eigenvalue weighted by molar-refractivity contribution is -0.384. The van der Waals surface area contributed by atoms with Crippen molar-refractivity contribution in [3.8, 4) is 0 Å². The number of nitro benzene ring substituents is 1. The Kier molecular flexibility index (Phi) is 6.45. The fourth-order valence-corrected chi connectivity index (χ4v) is 5.91. The summed E-state index contributed by atoms with van der Waals surface area (Å²) < 4.78 is 23.8. The molecule has 3 rings (SSSR count). The van der Waals surface area contributed by atoms with Crippen LogP contribution in [0.1, 0.15) is 49.9 Å². The Morgan fingerprint density at radius 2 is 1.97 bits per heavy atom. The summed E-state index contributed by atoms with van der Waals surface area (Å²) in [6.07, 6.45) is 3.52. The molecule has 1 aromatic rings. The predicted molar refractivity (Wildman–Crippen MR) is 112 cm³/mol. The Labute approximate surface area is 171 Å². The number of nitro groups is 1. The summed E-state index contributed by atoms with van der Waals surface area (Å²) in [5.74, 6) is -0.147. The van der Waals surface area contributed by atoms with E-state index in [0.717, 1.165) is 32.4 Å². The van der Waals surface area contributed by atoms with Gasteiger partial charge in [-0.3, -0.25) is 14.9 Å². The van der Waals surface area contributed by atoms with Crippen LogP contribution < -0.4 is 4.90 Å². The summed E-state index contributed by atoms with van der Waals surface area (Å²) in [7, 11) is -3.14. The molecule has 0 aliphatic carbocycles. The van der Waals surface area contributed by atoms with Gasteiger partial charge in [-0.15, -0.1) is 0 Å². The quantitative estimate of drug-likeness (QED) is 0.515. The molecule has 9 heteroatoms. The fourth-order valence-electron chi connectivity index (χ4n) is 4.18. The SMILES string of the molecule is CC(C)CN(C(=O)c1ccc(N2CCCCC2)c([N+](=O)[O-])c1)[C@H]1CCS(=O)(=O)C1. The smallest absolute Gasteiger partial charge is 0.293 e. The summed E-state index contributed by atoms with van der Waals surface area (Å²) >= 11 is 0. The summed E-state index contributed by atoms with van der Waals surface area (Å²) in [6, 6.07) is 4.27. The van der Waals surface area contributed by atoms with Gasteiger partial charge in [0.05, 0.1) is 16.4 Å². The summed E-state index contributed by atoms with van der Waals surface area (Å²) in [5, 5.41) is 11.7. The zero-order chi connectivity index (χ0) is 21.2. The van der Waals surface area contributed by atoms with E-state index in [9.17, 15) is 23.3 Å². The lowest BCUT2D eigenvalue weighted by Crippen LogP contribution is -2.43. The second kappa shape index (κ2) is 8.69. The molecule has 0 spiro atoms. The first kappa shape index (κ1) is 21.5. The third-order valence-electron chi connectivity index (χ3n) is 5.59. The molecular formula is C20H29N3O5S. The van der Waals surface area contributed by atoms with Crippen LogP contribution in [0.25, 0.3) is 0 Å². The van der Waals surface area contributed by atoms with Crippen molar-refractivity contribution in [3.05, 3.63) is 33.9 Å². The third kappa shape index (κ3) is 5.07. The van der Waals surface area contributed by atoms with Gasteiger partial charge in [0.2, 0.25) is 0 Å². The van der Waals surface area contributed by atoms with Crippen LogP contribution in [0.3, 0.4) is 0 Å². The third-order valence-corrected chi connectivity index (χ3v) is 7.34. The second-order valence-electron chi connectivity index (χ2n) is 8.42. The van der Waals surface area contributed by atoms with E-state index in [1.807, 2.05) is 18.7 Å². The van der Waals surface area contributed by atoms with E-state index < -0.39 is 14.8 Å². The van der Waals surface area contributed by atoms with E-state index in [-0.39, 0.29) is 40.6 Å². The molecule has 2 saturated heterocycles. The first-order valence-corrected chi connectivity index (χ1v) is 12.0. The Hall–Kier alpha value is -2.16. The largest absolute Gasteiger partial charge is 0.366 e. The minimum Gasteiger partial charge on any atom is -0.366 e. The highest BCUT2D eigenvalue weighted by molar-refractivity contribution is 7.91. The van der Waals surface area contributed by atoms with E-state index in [2.05, 4.69) is 0 Å². The maximum absolute atomic E-state index is 13.2. The first-order valence-electron chi connectivity index (χ1n) is 10.2. The van der Waals surface area contributed by atoms with Crippen molar-refractivity contribution in [3.63, 3.8) is 0 Å². The van der Waals surface area contributed by atoms with Crippen LogP contribution in [-0.4, -0.2) is 61.3 Å². The van der Waals surface area contributed by atoms with Crippen molar-refractivity contribution >= 4 is 27.1 Å². The highest BCUT2D eigenvalue weighted by Crippen LogP contribution is 2.32. The van der Waals surface area contributed by atoms with Gasteiger partial charge in [-0.2, -0.15) is 0 Å². The summed E-state index contributed by atoms with van der Waals surface area (Å²) in [4.78, 5) is 28.1. The van der Waals surface area contributed by atoms with Crippen molar-refractivity contribution in [1.82, 2.24) is 4.90 Å². The molecule has 0 bridgehead atoms. The number of amides is 1. The van der Waals surface area contributed by atoms with Gasteiger partial charge in [0.25, 0.3) is 11.6 Å². The van der Waals surface area contributed by atoms with Gasteiger partial charge in [-0.25, -0.2) is 8.42 Å². The molecular weight excluding hydrogens is 394 g/mol. The molecule has 0 saturated carbocycles. The molecule has 1 aromatic carbocycles. The molecule has 29 heavy (non-hydrogen) atoms. The van der Waals surface area contributed by atoms with E-state index >= 15 is 0 Å². The number of sulfone groups is 1. The van der Waals surface area contributed by atoms with Crippen LogP contribution in [0.4, 0.5) is 11.4 Å². The average Bonchev–Trinajstić information content (AvgIpc) is 3.05. The number of nitrogens with zero attached hydrogens (tertiary/aromatic N) is 3. The van der Waals surface area contributed by atoms with E-state index in [0.29, 0.717) is 18.7 Å². The predicted octanol–water partition coefficient (Wildman–Crippen LogP) is 2.87. The number of anilines is 1. The van der Waals surface area contributed by atoms with Gasteiger partial charge in [-0.1, -0.05) is 13.8 Å². The molecule has 0 radical (unpaired) electrons. The first-order chi connectivity index (χ1) is 13.7. The van der Waals surface area contributed by atoms with E-state index in [1.165, 1.54) is 6.07 Å². The zero-order valence-electron chi connectivity index (χ0n) is 17.0. The maximum atomic E-state index is 13.2. The summed E-state index contributed by atoms with van der Waals surface area (Å²) in [6.45, 7) is 5.89. The Morgan fingerprint density at radius 1 is 1.28 bits per heavy atom. The lowest BCUT2D eigenvalue weighted by Gasteiger charge is -2.31. The molecule has 2 fully saturated rings. The van der Waals surface area contributed by atoms with Crippen molar-refractivity contribution < 1.29 is 18.1 Å². The van der Waals surface area contributed by atoms with Crippen LogP contribution in [0.5, 0.6) is 0 Å². The fraction of sp³-hybridized carbons (Fsp3) is 0.650. The second-order valence-corrected chi connectivity index (χ2v) is 10.6. The van der Waals surface area contributed by atoms with Gasteiger partial charge in [0, 0.05) is 37.3 Å². The average molecular weight is 424 g/mol. The Bertz CT molecular complexity index is 878. The minimum atomic E-state index is -3.14. The van der Waals surface area contributed by atoms with E-state index in [1.54, 1.807) is 17.0 Å². The van der Waals surface area contributed by atoms with Gasteiger partial charge >= 0.3 is 0 Å². The van der Waals surface area contributed by atoms with Crippen molar-refractivity contribution in [2.24, 2.45) is 5.92 Å². The highest BCUT2D eigenvalue weighted by Gasteiger charge is 2.36. The molecule has 2 aliphatic rings. The number of hydrogen-bond donors (Lipinski definition) is 0. The standard InChI is InChI=1S/C20H29N3O5S/c1-15(2)13-22(17-8-11-29(27,28)14-17)20(24)16-6-7-18(19(12-16)23(25)26)21-9-4-3-5-10-21/h6-7,12,15,17H,3-5,8-11,13-14H2,1-2H3/t17-/m0/s1.